The lowest BCUT2D eigenvalue weighted by Gasteiger charge is -2.08. The second kappa shape index (κ2) is 6.29. The Morgan fingerprint density at radius 2 is 2.23 bits per heavy atom. The molecule has 0 unspecified atom stereocenters. The molecule has 0 amide bonds. The third-order valence-corrected chi connectivity index (χ3v) is 1.67. The van der Waals surface area contributed by atoms with E-state index in [1.807, 2.05) is 6.92 Å². The second-order valence-corrected chi connectivity index (χ2v) is 2.65. The van der Waals surface area contributed by atoms with Gasteiger partial charge in [-0.1, -0.05) is 13.0 Å². The minimum absolute atomic E-state index is 0.305. The molecule has 0 aliphatic rings. The lowest BCUT2D eigenvalue weighted by atomic mass is 10.1. The maximum atomic E-state index is 10.8. The Morgan fingerprint density at radius 1 is 1.62 bits per heavy atom. The quantitative estimate of drug-likeness (QED) is 0.391. The number of hydrogen-bond donors (Lipinski definition) is 1. The van der Waals surface area contributed by atoms with Crippen molar-refractivity contribution in [3.8, 4) is 0 Å². The first-order chi connectivity index (χ1) is 6.17. The topological polar surface area (TPSA) is 46.5 Å². The van der Waals surface area contributed by atoms with E-state index in [2.05, 4.69) is 6.58 Å². The molecule has 0 heterocycles. The molecule has 0 aromatic carbocycles. The van der Waals surface area contributed by atoms with Crippen molar-refractivity contribution in [2.45, 2.75) is 26.2 Å². The van der Waals surface area contributed by atoms with Crippen LogP contribution in [-0.4, -0.2) is 18.2 Å². The van der Waals surface area contributed by atoms with Gasteiger partial charge in [-0.15, -0.1) is 6.58 Å². The van der Waals surface area contributed by atoms with Crippen LogP contribution in [0.4, 0.5) is 0 Å². The predicted octanol–water partition coefficient (Wildman–Crippen LogP) is 2.35. The van der Waals surface area contributed by atoms with Gasteiger partial charge < -0.3 is 9.84 Å². The van der Waals surface area contributed by atoms with Crippen LogP contribution in [0.1, 0.15) is 26.2 Å². The first-order valence-electron chi connectivity index (χ1n) is 4.27. The Bertz CT molecular complexity index is 216. The molecule has 13 heavy (non-hydrogen) atoms. The van der Waals surface area contributed by atoms with Gasteiger partial charge in [0.05, 0.1) is 12.7 Å². The van der Waals surface area contributed by atoms with Gasteiger partial charge in [0.1, 0.15) is 5.76 Å². The number of carboxylic acid groups (broad SMARTS) is 1. The highest BCUT2D eigenvalue weighted by Gasteiger charge is 2.12. The SMILES string of the molecule is C=CCC(C(=O)O)=C(CCC)OC. The maximum absolute atomic E-state index is 10.8. The first kappa shape index (κ1) is 11.8. The Morgan fingerprint density at radius 3 is 2.54 bits per heavy atom. The number of carboxylic acids is 1. The van der Waals surface area contributed by atoms with Gasteiger partial charge in [-0.3, -0.25) is 0 Å². The van der Waals surface area contributed by atoms with E-state index in [1.165, 1.54) is 7.11 Å². The van der Waals surface area contributed by atoms with Gasteiger partial charge in [-0.25, -0.2) is 4.79 Å². The fraction of sp³-hybridized carbons (Fsp3) is 0.500. The van der Waals surface area contributed by atoms with Crippen molar-refractivity contribution in [2.75, 3.05) is 7.11 Å². The molecule has 3 nitrogen and oxygen atoms in total. The average molecular weight is 184 g/mol. The monoisotopic (exact) mass is 184 g/mol. The van der Waals surface area contributed by atoms with Crippen LogP contribution in [0.2, 0.25) is 0 Å². The van der Waals surface area contributed by atoms with Crippen molar-refractivity contribution < 1.29 is 14.6 Å². The van der Waals surface area contributed by atoms with E-state index >= 15 is 0 Å². The van der Waals surface area contributed by atoms with Crippen LogP contribution < -0.4 is 0 Å². The zero-order valence-corrected chi connectivity index (χ0v) is 8.17. The minimum atomic E-state index is -0.926. The Kier molecular flexibility index (Phi) is 5.68. The van der Waals surface area contributed by atoms with Crippen LogP contribution >= 0.6 is 0 Å². The molecule has 0 aliphatic heterocycles. The molecular formula is C10H16O3. The van der Waals surface area contributed by atoms with Crippen LogP contribution in [0.25, 0.3) is 0 Å². The Balaban J connectivity index is 4.75. The fourth-order valence-corrected chi connectivity index (χ4v) is 1.07. The summed E-state index contributed by atoms with van der Waals surface area (Å²) in [5, 5.41) is 8.85. The number of methoxy groups -OCH3 is 1. The van der Waals surface area contributed by atoms with Gasteiger partial charge in [-0.2, -0.15) is 0 Å². The number of allylic oxidation sites excluding steroid dienone is 2. The fourth-order valence-electron chi connectivity index (χ4n) is 1.07. The zero-order valence-electron chi connectivity index (χ0n) is 8.17. The summed E-state index contributed by atoms with van der Waals surface area (Å²) in [7, 11) is 1.50. The molecule has 0 aliphatic carbocycles. The van der Waals surface area contributed by atoms with Gasteiger partial charge in [0.25, 0.3) is 0 Å². The molecule has 74 valence electrons. The summed E-state index contributed by atoms with van der Waals surface area (Å²) in [6.07, 6.45) is 3.44. The van der Waals surface area contributed by atoms with Crippen LogP contribution in [0.15, 0.2) is 24.0 Å². The summed E-state index contributed by atoms with van der Waals surface area (Å²) in [5.41, 5.74) is 0.305. The molecule has 0 bridgehead atoms. The van der Waals surface area contributed by atoms with E-state index in [1.54, 1.807) is 6.08 Å². The van der Waals surface area contributed by atoms with Crippen molar-refractivity contribution in [1.82, 2.24) is 0 Å². The largest absolute Gasteiger partial charge is 0.501 e. The third-order valence-electron chi connectivity index (χ3n) is 1.67. The molecule has 0 spiro atoms. The van der Waals surface area contributed by atoms with Gasteiger partial charge in [0.2, 0.25) is 0 Å². The lowest BCUT2D eigenvalue weighted by Crippen LogP contribution is -2.05. The molecular weight excluding hydrogens is 168 g/mol. The van der Waals surface area contributed by atoms with Crippen LogP contribution in [0, 0.1) is 0 Å². The normalized spacial score (nSPS) is 11.8. The molecule has 0 radical (unpaired) electrons. The van der Waals surface area contributed by atoms with Crippen molar-refractivity contribution in [1.29, 1.82) is 0 Å². The van der Waals surface area contributed by atoms with Gasteiger partial charge in [0.15, 0.2) is 0 Å². The number of rotatable bonds is 6. The van der Waals surface area contributed by atoms with E-state index in [-0.39, 0.29) is 0 Å². The van der Waals surface area contributed by atoms with Gasteiger partial charge in [-0.05, 0) is 6.42 Å². The third kappa shape index (κ3) is 3.78. The Hall–Kier alpha value is -1.25. The van der Waals surface area contributed by atoms with E-state index in [0.717, 1.165) is 6.42 Å². The minimum Gasteiger partial charge on any atom is -0.501 e. The molecule has 0 atom stereocenters. The lowest BCUT2D eigenvalue weighted by molar-refractivity contribution is -0.133. The molecule has 3 heteroatoms. The standard InChI is InChI=1S/C10H16O3/c1-4-6-8(10(11)12)9(13-3)7-5-2/h4H,1,5-7H2,2-3H3,(H,11,12). The van der Waals surface area contributed by atoms with Crippen LogP contribution in [0.3, 0.4) is 0 Å². The summed E-state index contributed by atoms with van der Waals surface area (Å²) >= 11 is 0. The van der Waals surface area contributed by atoms with E-state index in [0.29, 0.717) is 24.2 Å². The summed E-state index contributed by atoms with van der Waals surface area (Å²) in [6.45, 7) is 5.49. The van der Waals surface area contributed by atoms with E-state index in [9.17, 15) is 4.79 Å². The van der Waals surface area contributed by atoms with Crippen molar-refractivity contribution in [3.63, 3.8) is 0 Å². The Labute approximate surface area is 78.7 Å². The number of carbonyl (C=O) groups is 1. The number of ether oxygens (including phenoxy) is 1. The predicted molar refractivity (Wildman–Crippen MR) is 51.4 cm³/mol. The summed E-state index contributed by atoms with van der Waals surface area (Å²) in [5.74, 6) is -0.375. The van der Waals surface area contributed by atoms with Crippen LogP contribution in [-0.2, 0) is 9.53 Å². The second-order valence-electron chi connectivity index (χ2n) is 2.65. The number of aliphatic carboxylic acids is 1. The molecule has 0 aromatic rings. The molecule has 0 rings (SSSR count). The molecule has 0 aromatic heterocycles. The van der Waals surface area contributed by atoms with E-state index < -0.39 is 5.97 Å². The number of hydrogen-bond acceptors (Lipinski definition) is 2. The van der Waals surface area contributed by atoms with Crippen molar-refractivity contribution >= 4 is 5.97 Å². The summed E-state index contributed by atoms with van der Waals surface area (Å²) in [6, 6.07) is 0. The summed E-state index contributed by atoms with van der Waals surface area (Å²) < 4.78 is 5.02. The maximum Gasteiger partial charge on any atom is 0.335 e. The molecule has 1 N–H and O–H groups in total. The van der Waals surface area contributed by atoms with Gasteiger partial charge in [0, 0.05) is 12.8 Å². The first-order valence-corrected chi connectivity index (χ1v) is 4.27. The van der Waals surface area contributed by atoms with E-state index in [4.69, 9.17) is 9.84 Å². The van der Waals surface area contributed by atoms with Gasteiger partial charge >= 0.3 is 5.97 Å². The molecule has 0 fully saturated rings. The summed E-state index contributed by atoms with van der Waals surface area (Å²) in [4.78, 5) is 10.8. The van der Waals surface area contributed by atoms with Crippen molar-refractivity contribution in [2.24, 2.45) is 0 Å². The zero-order chi connectivity index (χ0) is 10.3. The highest BCUT2D eigenvalue weighted by Crippen LogP contribution is 2.15. The highest BCUT2D eigenvalue weighted by atomic mass is 16.5. The van der Waals surface area contributed by atoms with Crippen molar-refractivity contribution in [3.05, 3.63) is 24.0 Å². The highest BCUT2D eigenvalue weighted by molar-refractivity contribution is 5.87. The smallest absolute Gasteiger partial charge is 0.335 e. The average Bonchev–Trinajstić information content (AvgIpc) is 2.10. The van der Waals surface area contributed by atoms with Crippen LogP contribution in [0.5, 0.6) is 0 Å². The molecule has 0 saturated carbocycles. The molecule has 0 saturated heterocycles.